The Morgan fingerprint density at radius 1 is 0.812 bits per heavy atom. The van der Waals surface area contributed by atoms with E-state index in [1.54, 1.807) is 0 Å². The molecule has 0 aliphatic heterocycles. The standard InChI is InChI=1S/C16H33/c1-7-11-12-15(10-4)16(13(5)8-2)14(6)9-3/h13-15H,7-12H2,1-6H3. The molecule has 0 fully saturated rings. The van der Waals surface area contributed by atoms with Crippen LogP contribution < -0.4 is 0 Å². The van der Waals surface area contributed by atoms with Crippen molar-refractivity contribution in [2.24, 2.45) is 17.8 Å². The third-order valence-electron chi connectivity index (χ3n) is 4.23. The molecule has 3 atom stereocenters. The van der Waals surface area contributed by atoms with Crippen molar-refractivity contribution in [3.05, 3.63) is 5.92 Å². The SMILES string of the molecule is CCCCC(CC)[C](C(C)CC)C(C)CC. The molecule has 0 aromatic rings. The molecule has 0 rings (SSSR count). The summed E-state index contributed by atoms with van der Waals surface area (Å²) >= 11 is 0. The van der Waals surface area contributed by atoms with E-state index in [-0.39, 0.29) is 0 Å². The fourth-order valence-electron chi connectivity index (χ4n) is 2.82. The maximum absolute atomic E-state index is 2.43. The minimum atomic E-state index is 0.816. The number of hydrogen-bond donors (Lipinski definition) is 0. The number of rotatable bonds is 9. The average Bonchev–Trinajstić information content (AvgIpc) is 2.32. The van der Waals surface area contributed by atoms with Crippen LogP contribution in [0.5, 0.6) is 0 Å². The minimum Gasteiger partial charge on any atom is -0.0654 e. The quantitative estimate of drug-likeness (QED) is 0.460. The van der Waals surface area contributed by atoms with Gasteiger partial charge in [0.25, 0.3) is 0 Å². The van der Waals surface area contributed by atoms with Crippen LogP contribution in [0.25, 0.3) is 0 Å². The normalized spacial score (nSPS) is 17.4. The molecule has 1 radical (unpaired) electrons. The van der Waals surface area contributed by atoms with Gasteiger partial charge in [0.1, 0.15) is 0 Å². The highest BCUT2D eigenvalue weighted by Crippen LogP contribution is 2.38. The molecule has 0 bridgehead atoms. The van der Waals surface area contributed by atoms with Crippen molar-refractivity contribution >= 4 is 0 Å². The molecule has 0 spiro atoms. The average molecular weight is 225 g/mol. The highest BCUT2D eigenvalue weighted by molar-refractivity contribution is 5.03. The maximum atomic E-state index is 2.43. The summed E-state index contributed by atoms with van der Waals surface area (Å²) in [6.45, 7) is 14.2. The fourth-order valence-corrected chi connectivity index (χ4v) is 2.82. The van der Waals surface area contributed by atoms with E-state index in [0.29, 0.717) is 0 Å². The first kappa shape index (κ1) is 16.0. The second-order valence-corrected chi connectivity index (χ2v) is 5.37. The first-order chi connectivity index (χ1) is 7.62. The molecule has 0 aromatic heterocycles. The summed E-state index contributed by atoms with van der Waals surface area (Å²) in [7, 11) is 0. The van der Waals surface area contributed by atoms with Gasteiger partial charge in [0.05, 0.1) is 0 Å². The smallest absolute Gasteiger partial charge is 0.0154 e. The lowest BCUT2D eigenvalue weighted by Gasteiger charge is -2.35. The van der Waals surface area contributed by atoms with Gasteiger partial charge in [0, 0.05) is 0 Å². The van der Waals surface area contributed by atoms with Gasteiger partial charge in [-0.1, -0.05) is 73.6 Å². The van der Waals surface area contributed by atoms with Gasteiger partial charge in [0.2, 0.25) is 0 Å². The van der Waals surface area contributed by atoms with Crippen molar-refractivity contribution < 1.29 is 0 Å². The van der Waals surface area contributed by atoms with Crippen LogP contribution in [0.4, 0.5) is 0 Å². The Morgan fingerprint density at radius 2 is 1.31 bits per heavy atom. The first-order valence-electron chi connectivity index (χ1n) is 7.48. The third-order valence-corrected chi connectivity index (χ3v) is 4.23. The van der Waals surface area contributed by atoms with Gasteiger partial charge in [-0.05, 0) is 30.1 Å². The van der Waals surface area contributed by atoms with Gasteiger partial charge in [-0.2, -0.15) is 0 Å². The van der Waals surface area contributed by atoms with Gasteiger partial charge < -0.3 is 0 Å². The highest BCUT2D eigenvalue weighted by Gasteiger charge is 2.28. The van der Waals surface area contributed by atoms with Crippen molar-refractivity contribution in [2.75, 3.05) is 0 Å². The van der Waals surface area contributed by atoms with E-state index in [4.69, 9.17) is 0 Å². The largest absolute Gasteiger partial charge is 0.0654 e. The zero-order valence-corrected chi connectivity index (χ0v) is 12.5. The van der Waals surface area contributed by atoms with Crippen LogP contribution in [0.1, 0.15) is 80.1 Å². The summed E-state index contributed by atoms with van der Waals surface area (Å²) in [6, 6.07) is 0. The van der Waals surface area contributed by atoms with Crippen molar-refractivity contribution in [1.29, 1.82) is 0 Å². The van der Waals surface area contributed by atoms with Crippen molar-refractivity contribution in [3.63, 3.8) is 0 Å². The van der Waals surface area contributed by atoms with E-state index in [1.165, 1.54) is 38.5 Å². The number of hydrogen-bond acceptors (Lipinski definition) is 0. The predicted molar refractivity (Wildman–Crippen MR) is 75.5 cm³/mol. The van der Waals surface area contributed by atoms with E-state index in [9.17, 15) is 0 Å². The summed E-state index contributed by atoms with van der Waals surface area (Å²) in [6.07, 6.45) is 8.10. The molecule has 0 amide bonds. The molecule has 0 aliphatic rings. The van der Waals surface area contributed by atoms with Gasteiger partial charge in [0.15, 0.2) is 0 Å². The lowest BCUT2D eigenvalue weighted by molar-refractivity contribution is 0.312. The summed E-state index contributed by atoms with van der Waals surface area (Å²) in [4.78, 5) is 0. The highest BCUT2D eigenvalue weighted by atomic mass is 14.3. The molecule has 0 heterocycles. The summed E-state index contributed by atoms with van der Waals surface area (Å²) in [5.41, 5.74) is 0. The molecule has 97 valence electrons. The van der Waals surface area contributed by atoms with Crippen LogP contribution in [-0.4, -0.2) is 0 Å². The Labute approximate surface area is 104 Å². The number of unbranched alkanes of at least 4 members (excludes halogenated alkanes) is 1. The molecule has 0 aromatic carbocycles. The lowest BCUT2D eigenvalue weighted by atomic mass is 9.70. The minimum absolute atomic E-state index is 0.816. The Kier molecular flexibility index (Phi) is 9.07. The molecule has 0 saturated carbocycles. The summed E-state index contributed by atoms with van der Waals surface area (Å²) in [5, 5.41) is 0. The van der Waals surface area contributed by atoms with Crippen LogP contribution in [0, 0.1) is 23.7 Å². The summed E-state index contributed by atoms with van der Waals surface area (Å²) in [5.74, 6) is 4.37. The molecule has 0 N–H and O–H groups in total. The van der Waals surface area contributed by atoms with Crippen LogP contribution >= 0.6 is 0 Å². The molecule has 3 unspecified atom stereocenters. The molecular weight excluding hydrogens is 192 g/mol. The predicted octanol–water partition coefficient (Wildman–Crippen LogP) is 5.87. The van der Waals surface area contributed by atoms with Crippen molar-refractivity contribution in [1.82, 2.24) is 0 Å². The van der Waals surface area contributed by atoms with E-state index in [1.807, 2.05) is 5.92 Å². The maximum Gasteiger partial charge on any atom is -0.0154 e. The Balaban J connectivity index is 4.54. The van der Waals surface area contributed by atoms with E-state index in [2.05, 4.69) is 41.5 Å². The zero-order valence-electron chi connectivity index (χ0n) is 12.5. The fraction of sp³-hybridized carbons (Fsp3) is 0.938. The third kappa shape index (κ3) is 4.89. The Bertz CT molecular complexity index is 140. The molecule has 0 aliphatic carbocycles. The summed E-state index contributed by atoms with van der Waals surface area (Å²) < 4.78 is 0. The van der Waals surface area contributed by atoms with Gasteiger partial charge in [-0.3, -0.25) is 0 Å². The van der Waals surface area contributed by atoms with Gasteiger partial charge in [-0.15, -0.1) is 0 Å². The van der Waals surface area contributed by atoms with E-state index < -0.39 is 0 Å². The monoisotopic (exact) mass is 225 g/mol. The Morgan fingerprint density at radius 3 is 1.62 bits per heavy atom. The molecule has 0 heteroatoms. The van der Waals surface area contributed by atoms with E-state index in [0.717, 1.165) is 17.8 Å². The molecule has 0 saturated heterocycles. The van der Waals surface area contributed by atoms with Crippen LogP contribution in [0.15, 0.2) is 0 Å². The zero-order chi connectivity index (χ0) is 12.6. The van der Waals surface area contributed by atoms with Crippen LogP contribution in [-0.2, 0) is 0 Å². The van der Waals surface area contributed by atoms with Crippen LogP contribution in [0.3, 0.4) is 0 Å². The van der Waals surface area contributed by atoms with Gasteiger partial charge >= 0.3 is 0 Å². The first-order valence-corrected chi connectivity index (χ1v) is 7.48. The molecule has 0 nitrogen and oxygen atoms in total. The lowest BCUT2D eigenvalue weighted by Crippen LogP contribution is -2.25. The second-order valence-electron chi connectivity index (χ2n) is 5.37. The molecule has 16 heavy (non-hydrogen) atoms. The van der Waals surface area contributed by atoms with Crippen molar-refractivity contribution in [2.45, 2.75) is 80.1 Å². The van der Waals surface area contributed by atoms with Gasteiger partial charge in [-0.25, -0.2) is 0 Å². The van der Waals surface area contributed by atoms with E-state index >= 15 is 0 Å². The topological polar surface area (TPSA) is 0 Å². The van der Waals surface area contributed by atoms with Crippen molar-refractivity contribution in [3.8, 4) is 0 Å². The Hall–Kier alpha value is 0. The molecular formula is C16H33. The second kappa shape index (κ2) is 9.07. The van der Waals surface area contributed by atoms with Crippen LogP contribution in [0.2, 0.25) is 0 Å².